The zero-order valence-corrected chi connectivity index (χ0v) is 15.8. The predicted molar refractivity (Wildman–Crippen MR) is 102 cm³/mol. The second-order valence-corrected chi connectivity index (χ2v) is 6.43. The quantitative estimate of drug-likeness (QED) is 0.580. The first-order valence-electron chi connectivity index (χ1n) is 8.79. The lowest BCUT2D eigenvalue weighted by atomic mass is 10.2. The van der Waals surface area contributed by atoms with E-state index in [0.29, 0.717) is 17.3 Å². The summed E-state index contributed by atoms with van der Waals surface area (Å²) in [5.41, 5.74) is 5.98. The number of ether oxygens (including phenoxy) is 1. The van der Waals surface area contributed by atoms with Crippen LogP contribution in [0.25, 0.3) is 0 Å². The predicted octanol–water partition coefficient (Wildman–Crippen LogP) is 4.85. The average Bonchev–Trinajstić information content (AvgIpc) is 2.68. The second-order valence-electron chi connectivity index (χ2n) is 6.43. The third-order valence-corrected chi connectivity index (χ3v) is 4.18. The van der Waals surface area contributed by atoms with E-state index >= 15 is 0 Å². The van der Waals surface area contributed by atoms with E-state index in [4.69, 9.17) is 10.5 Å². The number of nitrogens with zero attached hydrogens (tertiary/aromatic N) is 1. The summed E-state index contributed by atoms with van der Waals surface area (Å²) < 4.78 is 57.7. The molecule has 156 valence electrons. The summed E-state index contributed by atoms with van der Waals surface area (Å²) in [4.78, 5) is 16.2. The molecule has 5 nitrogen and oxygen atoms in total. The molecule has 3 rings (SSSR count). The summed E-state index contributed by atoms with van der Waals surface area (Å²) in [6, 6.07) is 12.2. The van der Waals surface area contributed by atoms with Crippen LogP contribution in [-0.4, -0.2) is 10.9 Å². The number of rotatable bonds is 5. The molecule has 0 spiro atoms. The number of carbonyl (C=O) groups excluding carboxylic acids is 1. The van der Waals surface area contributed by atoms with Crippen LogP contribution in [0.3, 0.4) is 0 Å². The Morgan fingerprint density at radius 1 is 1.10 bits per heavy atom. The first kappa shape index (κ1) is 21.1. The van der Waals surface area contributed by atoms with Crippen LogP contribution in [0.5, 0.6) is 11.5 Å². The van der Waals surface area contributed by atoms with Gasteiger partial charge in [0.2, 0.25) is 0 Å². The summed E-state index contributed by atoms with van der Waals surface area (Å²) in [5, 5.41) is 2.69. The van der Waals surface area contributed by atoms with Crippen LogP contribution in [0.15, 0.2) is 54.6 Å². The number of aryl methyl sites for hydroxylation is 1. The molecule has 0 fully saturated rings. The van der Waals surface area contributed by atoms with Crippen LogP contribution in [0.2, 0.25) is 0 Å². The van der Waals surface area contributed by atoms with Crippen LogP contribution in [0.1, 0.15) is 27.2 Å². The number of nitrogen functional groups attached to an aromatic ring is 1. The topological polar surface area (TPSA) is 77.2 Å². The lowest BCUT2D eigenvalue weighted by Crippen LogP contribution is -2.24. The van der Waals surface area contributed by atoms with E-state index in [9.17, 15) is 22.4 Å². The molecule has 2 aromatic carbocycles. The smallest absolute Gasteiger partial charge is 0.419 e. The van der Waals surface area contributed by atoms with Gasteiger partial charge in [-0.15, -0.1) is 0 Å². The Morgan fingerprint density at radius 3 is 2.43 bits per heavy atom. The van der Waals surface area contributed by atoms with E-state index < -0.39 is 29.2 Å². The van der Waals surface area contributed by atoms with Crippen molar-refractivity contribution in [1.82, 2.24) is 10.3 Å². The Kier molecular flexibility index (Phi) is 5.91. The fraction of sp³-hybridized carbons (Fsp3) is 0.143. The van der Waals surface area contributed by atoms with Crippen molar-refractivity contribution < 1.29 is 27.1 Å². The van der Waals surface area contributed by atoms with Gasteiger partial charge in [0.1, 0.15) is 11.6 Å². The lowest BCUT2D eigenvalue weighted by molar-refractivity contribution is -0.140. The number of carbonyl (C=O) groups is 1. The second kappa shape index (κ2) is 8.40. The van der Waals surface area contributed by atoms with Crippen molar-refractivity contribution >= 4 is 11.7 Å². The van der Waals surface area contributed by atoms with Crippen molar-refractivity contribution in [1.29, 1.82) is 0 Å². The minimum atomic E-state index is -4.82. The molecule has 30 heavy (non-hydrogen) atoms. The Bertz CT molecular complexity index is 1070. The van der Waals surface area contributed by atoms with Gasteiger partial charge in [-0.05, 0) is 48.9 Å². The fourth-order valence-electron chi connectivity index (χ4n) is 2.66. The first-order valence-corrected chi connectivity index (χ1v) is 8.79. The van der Waals surface area contributed by atoms with Gasteiger partial charge < -0.3 is 15.8 Å². The summed E-state index contributed by atoms with van der Waals surface area (Å²) in [7, 11) is 0. The summed E-state index contributed by atoms with van der Waals surface area (Å²) >= 11 is 0. The third kappa shape index (κ3) is 4.86. The lowest BCUT2D eigenvalue weighted by Gasteiger charge is -2.12. The number of alkyl halides is 3. The van der Waals surface area contributed by atoms with Gasteiger partial charge in [0.25, 0.3) is 5.91 Å². The number of nitrogens with one attached hydrogen (secondary N) is 1. The van der Waals surface area contributed by atoms with Crippen molar-refractivity contribution in [3.8, 4) is 11.5 Å². The molecule has 0 bridgehead atoms. The molecule has 0 atom stereocenters. The number of anilines is 1. The van der Waals surface area contributed by atoms with E-state index in [1.165, 1.54) is 12.1 Å². The first-order chi connectivity index (χ1) is 14.1. The summed E-state index contributed by atoms with van der Waals surface area (Å²) in [6.07, 6.45) is -4.82. The molecule has 0 aliphatic heterocycles. The van der Waals surface area contributed by atoms with Crippen molar-refractivity contribution in [2.45, 2.75) is 19.6 Å². The molecule has 3 N–H and O–H groups in total. The number of benzene rings is 2. The maximum Gasteiger partial charge on any atom is 0.419 e. The van der Waals surface area contributed by atoms with Gasteiger partial charge in [0.05, 0.1) is 11.1 Å². The van der Waals surface area contributed by atoms with Crippen molar-refractivity contribution in [2.24, 2.45) is 0 Å². The van der Waals surface area contributed by atoms with E-state index in [-0.39, 0.29) is 23.7 Å². The maximum absolute atomic E-state index is 14.1. The summed E-state index contributed by atoms with van der Waals surface area (Å²) in [6.45, 7) is 1.93. The zero-order valence-electron chi connectivity index (χ0n) is 15.8. The molecule has 0 aliphatic carbocycles. The van der Waals surface area contributed by atoms with Gasteiger partial charge in [-0.2, -0.15) is 13.2 Å². The Balaban J connectivity index is 1.65. The van der Waals surface area contributed by atoms with Crippen LogP contribution in [0, 0.1) is 12.7 Å². The SMILES string of the molecule is Cc1ccc(C(=O)NCc2ccc(Oc3cccc(C(F)(F)F)c3F)cc2)c(N)n1. The number of halogens is 4. The van der Waals surface area contributed by atoms with Gasteiger partial charge in [0, 0.05) is 12.2 Å². The number of pyridine rings is 1. The number of nitrogens with two attached hydrogens (primary N) is 1. The molecule has 1 aromatic heterocycles. The van der Waals surface area contributed by atoms with E-state index in [1.807, 2.05) is 0 Å². The van der Waals surface area contributed by atoms with Crippen LogP contribution in [-0.2, 0) is 12.7 Å². The molecular formula is C21H17F4N3O2. The van der Waals surface area contributed by atoms with Gasteiger partial charge in [0.15, 0.2) is 11.6 Å². The highest BCUT2D eigenvalue weighted by molar-refractivity contribution is 5.98. The minimum absolute atomic E-state index is 0.124. The summed E-state index contributed by atoms with van der Waals surface area (Å²) in [5.74, 6) is -2.14. The number of hydrogen-bond acceptors (Lipinski definition) is 4. The molecule has 0 unspecified atom stereocenters. The fourth-order valence-corrected chi connectivity index (χ4v) is 2.66. The molecule has 9 heteroatoms. The minimum Gasteiger partial charge on any atom is -0.454 e. The molecule has 1 heterocycles. The van der Waals surface area contributed by atoms with Gasteiger partial charge >= 0.3 is 6.18 Å². The zero-order chi connectivity index (χ0) is 21.9. The van der Waals surface area contributed by atoms with Crippen molar-refractivity contribution in [3.63, 3.8) is 0 Å². The maximum atomic E-state index is 14.1. The monoisotopic (exact) mass is 419 g/mol. The van der Waals surface area contributed by atoms with Gasteiger partial charge in [-0.25, -0.2) is 9.37 Å². The number of aromatic nitrogens is 1. The Labute approximate surface area is 169 Å². The van der Waals surface area contributed by atoms with Crippen LogP contribution >= 0.6 is 0 Å². The number of amides is 1. The van der Waals surface area contributed by atoms with E-state index in [1.54, 1.807) is 31.2 Å². The van der Waals surface area contributed by atoms with Crippen LogP contribution < -0.4 is 15.8 Å². The molecular weight excluding hydrogens is 402 g/mol. The Hall–Kier alpha value is -3.62. The molecule has 0 saturated heterocycles. The molecule has 0 radical (unpaired) electrons. The Morgan fingerprint density at radius 2 is 1.80 bits per heavy atom. The average molecular weight is 419 g/mol. The highest BCUT2D eigenvalue weighted by atomic mass is 19.4. The normalized spacial score (nSPS) is 11.2. The van der Waals surface area contributed by atoms with E-state index in [0.717, 1.165) is 12.1 Å². The van der Waals surface area contributed by atoms with Crippen molar-refractivity contribution in [2.75, 3.05) is 5.73 Å². The van der Waals surface area contributed by atoms with E-state index in [2.05, 4.69) is 10.3 Å². The van der Waals surface area contributed by atoms with Gasteiger partial charge in [-0.1, -0.05) is 18.2 Å². The molecule has 3 aromatic rings. The largest absolute Gasteiger partial charge is 0.454 e. The van der Waals surface area contributed by atoms with Crippen molar-refractivity contribution in [3.05, 3.63) is 82.8 Å². The third-order valence-electron chi connectivity index (χ3n) is 4.18. The standard InChI is InChI=1S/C21H17F4N3O2/c1-12-5-10-15(19(26)28-12)20(29)27-11-13-6-8-14(9-7-13)30-17-4-2-3-16(18(17)22)21(23,24)25/h2-10H,11H2,1H3,(H2,26,28)(H,27,29). The molecule has 0 saturated carbocycles. The highest BCUT2D eigenvalue weighted by Gasteiger charge is 2.35. The molecule has 1 amide bonds. The molecule has 0 aliphatic rings. The highest BCUT2D eigenvalue weighted by Crippen LogP contribution is 2.36. The number of hydrogen-bond donors (Lipinski definition) is 2. The van der Waals surface area contributed by atoms with Gasteiger partial charge in [-0.3, -0.25) is 4.79 Å². The van der Waals surface area contributed by atoms with Crippen LogP contribution in [0.4, 0.5) is 23.4 Å².